The number of aryl methyl sites for hydroxylation is 1. The first-order chi connectivity index (χ1) is 6.74. The van der Waals surface area contributed by atoms with E-state index in [9.17, 15) is 0 Å². The van der Waals surface area contributed by atoms with Gasteiger partial charge in [-0.25, -0.2) is 0 Å². The van der Waals surface area contributed by atoms with Crippen molar-refractivity contribution in [3.8, 4) is 0 Å². The Morgan fingerprint density at radius 1 is 1.29 bits per heavy atom. The second-order valence-electron chi connectivity index (χ2n) is 3.58. The van der Waals surface area contributed by atoms with Crippen LogP contribution in [-0.4, -0.2) is 13.1 Å². The molecule has 0 fully saturated rings. The van der Waals surface area contributed by atoms with Crippen molar-refractivity contribution in [3.63, 3.8) is 0 Å². The fourth-order valence-corrected chi connectivity index (χ4v) is 1.51. The van der Waals surface area contributed by atoms with Crippen LogP contribution in [0.2, 0.25) is 5.02 Å². The highest BCUT2D eigenvalue weighted by atomic mass is 35.5. The molecular formula is C12H18ClN. The van der Waals surface area contributed by atoms with Crippen LogP contribution >= 0.6 is 11.6 Å². The average molecular weight is 212 g/mol. The quantitative estimate of drug-likeness (QED) is 0.738. The fourth-order valence-electron chi connectivity index (χ4n) is 1.40. The molecule has 0 aliphatic heterocycles. The van der Waals surface area contributed by atoms with Gasteiger partial charge in [0.1, 0.15) is 0 Å². The van der Waals surface area contributed by atoms with Crippen molar-refractivity contribution in [1.82, 2.24) is 5.32 Å². The molecule has 1 rings (SSSR count). The van der Waals surface area contributed by atoms with Gasteiger partial charge in [0.05, 0.1) is 0 Å². The lowest BCUT2D eigenvalue weighted by atomic mass is 10.1. The van der Waals surface area contributed by atoms with Crippen molar-refractivity contribution >= 4 is 11.6 Å². The highest BCUT2D eigenvalue weighted by Crippen LogP contribution is 2.16. The Labute approximate surface area is 91.5 Å². The molecule has 0 aliphatic rings. The van der Waals surface area contributed by atoms with Gasteiger partial charge in [-0.1, -0.05) is 30.7 Å². The predicted octanol–water partition coefficient (Wildman–Crippen LogP) is 3.19. The zero-order valence-corrected chi connectivity index (χ0v) is 9.69. The molecule has 1 nitrogen and oxygen atoms in total. The van der Waals surface area contributed by atoms with E-state index >= 15 is 0 Å². The molecule has 1 N–H and O–H groups in total. The zero-order valence-electron chi connectivity index (χ0n) is 8.94. The zero-order chi connectivity index (χ0) is 10.4. The van der Waals surface area contributed by atoms with Gasteiger partial charge in [-0.15, -0.1) is 0 Å². The molecule has 2 heteroatoms. The number of rotatable bonds is 5. The van der Waals surface area contributed by atoms with Gasteiger partial charge in [0.25, 0.3) is 0 Å². The number of hydrogen-bond acceptors (Lipinski definition) is 1. The summed E-state index contributed by atoms with van der Waals surface area (Å²) in [6, 6.07) is 6.24. The summed E-state index contributed by atoms with van der Waals surface area (Å²) in [4.78, 5) is 0. The fraction of sp³-hybridized carbons (Fsp3) is 0.500. The Morgan fingerprint density at radius 3 is 2.71 bits per heavy atom. The first-order valence-electron chi connectivity index (χ1n) is 5.19. The third kappa shape index (κ3) is 3.69. The van der Waals surface area contributed by atoms with Crippen LogP contribution in [0.3, 0.4) is 0 Å². The molecule has 1 aromatic carbocycles. The van der Waals surface area contributed by atoms with Crippen LogP contribution < -0.4 is 5.32 Å². The highest BCUT2D eigenvalue weighted by Gasteiger charge is 1.97. The first kappa shape index (κ1) is 11.5. The maximum Gasteiger partial charge on any atom is 0.0435 e. The summed E-state index contributed by atoms with van der Waals surface area (Å²) in [5, 5.41) is 4.24. The summed E-state index contributed by atoms with van der Waals surface area (Å²) in [5.74, 6) is 0. The van der Waals surface area contributed by atoms with E-state index in [-0.39, 0.29) is 0 Å². The van der Waals surface area contributed by atoms with Crippen molar-refractivity contribution in [3.05, 3.63) is 34.3 Å². The SMILES string of the molecule is CCCNCCc1ccc(Cl)c(C)c1. The minimum atomic E-state index is 0.857. The van der Waals surface area contributed by atoms with E-state index in [4.69, 9.17) is 11.6 Å². The molecule has 1 aromatic rings. The molecule has 0 saturated carbocycles. The molecule has 0 aromatic heterocycles. The third-order valence-corrected chi connectivity index (χ3v) is 2.66. The van der Waals surface area contributed by atoms with Gasteiger partial charge in [-0.3, -0.25) is 0 Å². The van der Waals surface area contributed by atoms with Gasteiger partial charge < -0.3 is 5.32 Å². The van der Waals surface area contributed by atoms with Gasteiger partial charge in [0.2, 0.25) is 0 Å². The molecule has 0 amide bonds. The van der Waals surface area contributed by atoms with E-state index in [2.05, 4.69) is 24.4 Å². The van der Waals surface area contributed by atoms with E-state index < -0.39 is 0 Å². The number of hydrogen-bond donors (Lipinski definition) is 1. The summed E-state index contributed by atoms with van der Waals surface area (Å²) >= 11 is 5.95. The van der Waals surface area contributed by atoms with Crippen LogP contribution in [-0.2, 0) is 6.42 Å². The van der Waals surface area contributed by atoms with Crippen LogP contribution in [0.5, 0.6) is 0 Å². The van der Waals surface area contributed by atoms with Gasteiger partial charge in [0.15, 0.2) is 0 Å². The van der Waals surface area contributed by atoms with E-state index in [0.29, 0.717) is 0 Å². The van der Waals surface area contributed by atoms with E-state index in [1.165, 1.54) is 17.5 Å². The van der Waals surface area contributed by atoms with E-state index in [1.807, 2.05) is 13.0 Å². The van der Waals surface area contributed by atoms with Gasteiger partial charge in [-0.05, 0) is 50.0 Å². The van der Waals surface area contributed by atoms with E-state index in [0.717, 1.165) is 24.5 Å². The molecule has 0 unspecified atom stereocenters. The van der Waals surface area contributed by atoms with Gasteiger partial charge >= 0.3 is 0 Å². The Morgan fingerprint density at radius 2 is 2.07 bits per heavy atom. The number of halogens is 1. The second-order valence-corrected chi connectivity index (χ2v) is 3.99. The van der Waals surface area contributed by atoms with Crippen molar-refractivity contribution in [2.24, 2.45) is 0 Å². The van der Waals surface area contributed by atoms with Crippen LogP contribution in [0.4, 0.5) is 0 Å². The van der Waals surface area contributed by atoms with Crippen molar-refractivity contribution in [1.29, 1.82) is 0 Å². The third-order valence-electron chi connectivity index (χ3n) is 2.24. The molecule has 0 atom stereocenters. The topological polar surface area (TPSA) is 12.0 Å². The van der Waals surface area contributed by atoms with E-state index in [1.54, 1.807) is 0 Å². The van der Waals surface area contributed by atoms with Gasteiger partial charge in [0, 0.05) is 5.02 Å². The summed E-state index contributed by atoms with van der Waals surface area (Å²) < 4.78 is 0. The Hall–Kier alpha value is -0.530. The Kier molecular flexibility index (Phi) is 4.99. The minimum Gasteiger partial charge on any atom is -0.316 e. The first-order valence-corrected chi connectivity index (χ1v) is 5.57. The minimum absolute atomic E-state index is 0.857. The lowest BCUT2D eigenvalue weighted by molar-refractivity contribution is 0.671. The van der Waals surface area contributed by atoms with Crippen LogP contribution in [0, 0.1) is 6.92 Å². The smallest absolute Gasteiger partial charge is 0.0435 e. The molecular weight excluding hydrogens is 194 g/mol. The maximum atomic E-state index is 5.95. The second kappa shape index (κ2) is 6.05. The average Bonchev–Trinajstić information content (AvgIpc) is 2.18. The largest absolute Gasteiger partial charge is 0.316 e. The summed E-state index contributed by atoms with van der Waals surface area (Å²) in [7, 11) is 0. The molecule has 0 bridgehead atoms. The predicted molar refractivity (Wildman–Crippen MR) is 63.1 cm³/mol. The summed E-state index contributed by atoms with van der Waals surface area (Å²) in [5.41, 5.74) is 2.52. The Bertz CT molecular complexity index is 284. The van der Waals surface area contributed by atoms with Crippen LogP contribution in [0.1, 0.15) is 24.5 Å². The monoisotopic (exact) mass is 211 g/mol. The van der Waals surface area contributed by atoms with Crippen LogP contribution in [0.15, 0.2) is 18.2 Å². The van der Waals surface area contributed by atoms with Crippen molar-refractivity contribution in [2.75, 3.05) is 13.1 Å². The lowest BCUT2D eigenvalue weighted by Crippen LogP contribution is -2.17. The molecule has 0 spiro atoms. The molecule has 14 heavy (non-hydrogen) atoms. The normalized spacial score (nSPS) is 10.5. The maximum absolute atomic E-state index is 5.95. The van der Waals surface area contributed by atoms with Crippen LogP contribution in [0.25, 0.3) is 0 Å². The lowest BCUT2D eigenvalue weighted by Gasteiger charge is -2.05. The van der Waals surface area contributed by atoms with Crippen molar-refractivity contribution < 1.29 is 0 Å². The number of nitrogens with one attached hydrogen (secondary N) is 1. The Balaban J connectivity index is 2.39. The molecule has 0 aliphatic carbocycles. The molecule has 0 heterocycles. The highest BCUT2D eigenvalue weighted by molar-refractivity contribution is 6.31. The number of benzene rings is 1. The van der Waals surface area contributed by atoms with Crippen molar-refractivity contribution in [2.45, 2.75) is 26.7 Å². The van der Waals surface area contributed by atoms with Gasteiger partial charge in [-0.2, -0.15) is 0 Å². The summed E-state index contributed by atoms with van der Waals surface area (Å²) in [6.07, 6.45) is 2.28. The standard InChI is InChI=1S/C12H18ClN/c1-3-7-14-8-6-11-4-5-12(13)10(2)9-11/h4-5,9,14H,3,6-8H2,1-2H3. The summed E-state index contributed by atoms with van der Waals surface area (Å²) in [6.45, 7) is 6.38. The molecule has 0 radical (unpaired) electrons. The molecule has 78 valence electrons. The molecule has 0 saturated heterocycles.